The smallest absolute Gasteiger partial charge is 0.319 e. The summed E-state index contributed by atoms with van der Waals surface area (Å²) >= 11 is 12.2. The molecule has 208 valence electrons. The molecule has 0 aliphatic heterocycles. The summed E-state index contributed by atoms with van der Waals surface area (Å²) in [5.41, 5.74) is 2.28. The summed E-state index contributed by atoms with van der Waals surface area (Å²) in [5.74, 6) is 1.35. The van der Waals surface area contributed by atoms with Crippen molar-refractivity contribution in [3.8, 4) is 0 Å². The zero-order valence-corrected chi connectivity index (χ0v) is 23.9. The molecule has 1 unspecified atom stereocenters. The van der Waals surface area contributed by atoms with Gasteiger partial charge in [-0.3, -0.25) is 4.79 Å². The predicted molar refractivity (Wildman–Crippen MR) is 153 cm³/mol. The fourth-order valence-electron chi connectivity index (χ4n) is 5.25. The summed E-state index contributed by atoms with van der Waals surface area (Å²) in [5, 5.41) is 23.4. The second-order valence-electron chi connectivity index (χ2n) is 11.2. The van der Waals surface area contributed by atoms with Gasteiger partial charge in [-0.05, 0) is 89.3 Å². The van der Waals surface area contributed by atoms with Crippen molar-refractivity contribution in [2.45, 2.75) is 58.9 Å². The van der Waals surface area contributed by atoms with E-state index in [2.05, 4.69) is 57.3 Å². The van der Waals surface area contributed by atoms with Crippen LogP contribution in [-0.4, -0.2) is 39.1 Å². The van der Waals surface area contributed by atoms with Crippen molar-refractivity contribution < 1.29 is 9.59 Å². The summed E-state index contributed by atoms with van der Waals surface area (Å²) in [4.78, 5) is 25.7. The third kappa shape index (κ3) is 8.16. The molecule has 39 heavy (non-hydrogen) atoms. The van der Waals surface area contributed by atoms with E-state index in [1.807, 2.05) is 12.1 Å². The van der Waals surface area contributed by atoms with Crippen LogP contribution in [0.4, 0.5) is 10.5 Å². The number of H-pyrrole nitrogens is 1. The van der Waals surface area contributed by atoms with E-state index in [0.717, 1.165) is 31.2 Å². The van der Waals surface area contributed by atoms with Gasteiger partial charge in [-0.2, -0.15) is 0 Å². The number of urea groups is 1. The lowest BCUT2D eigenvalue weighted by Gasteiger charge is -2.39. The zero-order chi connectivity index (χ0) is 28.0. The molecule has 3 aromatic rings. The van der Waals surface area contributed by atoms with Gasteiger partial charge in [0.25, 0.3) is 5.91 Å². The van der Waals surface area contributed by atoms with Crippen LogP contribution in [0.2, 0.25) is 10.0 Å². The lowest BCUT2D eigenvalue weighted by molar-refractivity contribution is 0.0954. The van der Waals surface area contributed by atoms with Gasteiger partial charge in [0.2, 0.25) is 0 Å². The summed E-state index contributed by atoms with van der Waals surface area (Å²) in [7, 11) is 0. The number of halogens is 2. The molecular formula is C28H35Cl2N7O2. The highest BCUT2D eigenvalue weighted by atomic mass is 35.5. The first-order valence-corrected chi connectivity index (χ1v) is 14.0. The van der Waals surface area contributed by atoms with Gasteiger partial charge in [0, 0.05) is 34.3 Å². The van der Waals surface area contributed by atoms with E-state index in [0.29, 0.717) is 46.0 Å². The number of nitrogens with zero attached hydrogens (tertiary/aromatic N) is 3. The molecule has 9 nitrogen and oxygen atoms in total. The van der Waals surface area contributed by atoms with Crippen LogP contribution >= 0.6 is 23.2 Å². The Labute approximate surface area is 238 Å². The molecule has 4 rings (SSSR count). The van der Waals surface area contributed by atoms with E-state index in [9.17, 15) is 9.59 Å². The normalized spacial score (nSPS) is 18.3. The number of amides is 3. The van der Waals surface area contributed by atoms with E-state index in [-0.39, 0.29) is 29.3 Å². The highest BCUT2D eigenvalue weighted by Crippen LogP contribution is 2.43. The molecule has 4 N–H and O–H groups in total. The predicted octanol–water partition coefficient (Wildman–Crippen LogP) is 6.19. The highest BCUT2D eigenvalue weighted by Gasteiger charge is 2.34. The van der Waals surface area contributed by atoms with Gasteiger partial charge in [0.15, 0.2) is 0 Å². The number of benzene rings is 2. The Hall–Kier alpha value is -3.17. The molecule has 11 heteroatoms. The molecule has 1 atom stereocenters. The van der Waals surface area contributed by atoms with E-state index < -0.39 is 0 Å². The third-order valence-corrected chi connectivity index (χ3v) is 7.88. The van der Waals surface area contributed by atoms with Crippen LogP contribution in [0.15, 0.2) is 42.5 Å². The molecule has 1 aromatic heterocycles. The minimum atomic E-state index is -0.333. The van der Waals surface area contributed by atoms with Crippen molar-refractivity contribution in [1.82, 2.24) is 31.3 Å². The van der Waals surface area contributed by atoms with Crippen molar-refractivity contribution in [2.75, 3.05) is 11.9 Å². The van der Waals surface area contributed by atoms with E-state index in [1.54, 1.807) is 30.3 Å². The number of nitrogens with one attached hydrogen (secondary N) is 4. The van der Waals surface area contributed by atoms with Gasteiger partial charge in [-0.1, -0.05) is 56.1 Å². The van der Waals surface area contributed by atoms with Gasteiger partial charge in [0.05, 0.1) is 6.04 Å². The van der Waals surface area contributed by atoms with Crippen molar-refractivity contribution in [1.29, 1.82) is 0 Å². The van der Waals surface area contributed by atoms with E-state index in [4.69, 9.17) is 23.2 Å². The van der Waals surface area contributed by atoms with Crippen LogP contribution in [0.3, 0.4) is 0 Å². The van der Waals surface area contributed by atoms with Crippen LogP contribution in [0.1, 0.15) is 74.2 Å². The number of carbonyl (C=O) groups is 2. The van der Waals surface area contributed by atoms with Crippen LogP contribution in [0.25, 0.3) is 0 Å². The van der Waals surface area contributed by atoms with Crippen LogP contribution in [0, 0.1) is 17.3 Å². The second-order valence-corrected chi connectivity index (χ2v) is 12.1. The van der Waals surface area contributed by atoms with Gasteiger partial charge in [-0.15, -0.1) is 5.10 Å². The van der Waals surface area contributed by atoms with Crippen LogP contribution in [0.5, 0.6) is 0 Å². The topological polar surface area (TPSA) is 125 Å². The fourth-order valence-corrected chi connectivity index (χ4v) is 5.78. The Kier molecular flexibility index (Phi) is 9.45. The summed E-state index contributed by atoms with van der Waals surface area (Å²) in [6.45, 7) is 7.29. The zero-order valence-electron chi connectivity index (χ0n) is 22.4. The molecule has 0 spiro atoms. The van der Waals surface area contributed by atoms with Gasteiger partial charge >= 0.3 is 6.03 Å². The average molecular weight is 573 g/mol. The minimum absolute atomic E-state index is 0.181. The molecule has 1 saturated carbocycles. The summed E-state index contributed by atoms with van der Waals surface area (Å²) in [6.07, 6.45) is 4.74. The quantitative estimate of drug-likeness (QED) is 0.256. The molecule has 3 amide bonds. The summed E-state index contributed by atoms with van der Waals surface area (Å²) in [6, 6.07) is 11.8. The van der Waals surface area contributed by atoms with Crippen LogP contribution in [-0.2, 0) is 6.42 Å². The number of rotatable bonds is 8. The van der Waals surface area contributed by atoms with Crippen LogP contribution < -0.4 is 16.0 Å². The molecule has 1 aliphatic rings. The molecule has 2 aromatic carbocycles. The Morgan fingerprint density at radius 2 is 1.69 bits per heavy atom. The summed E-state index contributed by atoms with van der Waals surface area (Å²) < 4.78 is 0. The average Bonchev–Trinajstić information content (AvgIpc) is 3.40. The molecule has 1 heterocycles. The maximum atomic E-state index is 13.1. The maximum Gasteiger partial charge on any atom is 0.319 e. The number of aromatic amines is 1. The molecule has 0 saturated heterocycles. The first-order valence-electron chi connectivity index (χ1n) is 13.2. The highest BCUT2D eigenvalue weighted by molar-refractivity contribution is 6.35. The van der Waals surface area contributed by atoms with Gasteiger partial charge < -0.3 is 16.0 Å². The first kappa shape index (κ1) is 28.8. The second kappa shape index (κ2) is 12.8. The molecule has 1 fully saturated rings. The Balaban J connectivity index is 1.45. The van der Waals surface area contributed by atoms with Gasteiger partial charge in [-0.25, -0.2) is 9.89 Å². The largest absolute Gasteiger partial charge is 0.352 e. The lowest BCUT2D eigenvalue weighted by Crippen LogP contribution is -2.38. The number of hydrogen-bond donors (Lipinski definition) is 4. The van der Waals surface area contributed by atoms with E-state index in [1.165, 1.54) is 0 Å². The number of hydrogen-bond acceptors (Lipinski definition) is 5. The Morgan fingerprint density at radius 3 is 2.28 bits per heavy atom. The van der Waals surface area contributed by atoms with Gasteiger partial charge in [0.1, 0.15) is 5.82 Å². The number of carbonyl (C=O) groups excluding carboxylic acids is 2. The molecule has 0 bridgehead atoms. The SMILES string of the molecule is CC(C)(C)C1CCC(C(NC(=O)Nc2cc(Cl)cc(Cl)c2)c2ccc(C(=O)NCCc3nnn[nH]3)cc2)CC1. The van der Waals surface area contributed by atoms with Crippen molar-refractivity contribution in [2.24, 2.45) is 17.3 Å². The number of tetrazole rings is 1. The molecule has 0 radical (unpaired) electrons. The first-order chi connectivity index (χ1) is 18.6. The number of anilines is 1. The fraction of sp³-hybridized carbons (Fsp3) is 0.464. The minimum Gasteiger partial charge on any atom is -0.352 e. The monoisotopic (exact) mass is 571 g/mol. The maximum absolute atomic E-state index is 13.1. The van der Waals surface area contributed by atoms with E-state index >= 15 is 0 Å². The van der Waals surface area contributed by atoms with Crippen molar-refractivity contribution in [3.63, 3.8) is 0 Å². The van der Waals surface area contributed by atoms with Crippen molar-refractivity contribution in [3.05, 3.63) is 69.5 Å². The molecule has 1 aliphatic carbocycles. The number of aromatic nitrogens is 4. The lowest BCUT2D eigenvalue weighted by atomic mass is 9.68. The standard InChI is InChI=1S/C28H35Cl2N7O2/c1-28(2,3)20-10-8-18(9-11-20)25(33-27(39)32-23-15-21(29)14-22(30)16-23)17-4-6-19(7-5-17)26(38)31-13-12-24-34-36-37-35-24/h4-7,14-16,18,20,25H,8-13H2,1-3H3,(H,31,38)(H2,32,33,39)(H,34,35,36,37). The van der Waals surface area contributed by atoms with Crippen molar-refractivity contribution >= 4 is 40.8 Å². The molecular weight excluding hydrogens is 537 g/mol. The Bertz CT molecular complexity index is 1230. The Morgan fingerprint density at radius 1 is 1.03 bits per heavy atom. The third-order valence-electron chi connectivity index (χ3n) is 7.44.